The first-order chi connectivity index (χ1) is 12.7. The van der Waals surface area contributed by atoms with Crippen molar-refractivity contribution in [2.75, 3.05) is 39.3 Å². The maximum atomic E-state index is 13.3. The van der Waals surface area contributed by atoms with E-state index in [1.165, 1.54) is 37.8 Å². The van der Waals surface area contributed by atoms with Crippen LogP contribution in [-0.2, 0) is 11.2 Å². The molecule has 0 spiro atoms. The molecule has 0 unspecified atom stereocenters. The van der Waals surface area contributed by atoms with Gasteiger partial charge in [0.05, 0.1) is 0 Å². The molecule has 0 bridgehead atoms. The molecule has 2 atom stereocenters. The summed E-state index contributed by atoms with van der Waals surface area (Å²) in [6.07, 6.45) is 6.11. The third-order valence-electron chi connectivity index (χ3n) is 5.87. The summed E-state index contributed by atoms with van der Waals surface area (Å²) in [6.45, 7) is 4.80. The van der Waals surface area contributed by atoms with Crippen molar-refractivity contribution >= 4 is 5.91 Å². The molecule has 1 aromatic carbocycles. The summed E-state index contributed by atoms with van der Waals surface area (Å²) in [7, 11) is 0. The molecule has 2 aliphatic heterocycles. The van der Waals surface area contributed by atoms with Gasteiger partial charge in [-0.15, -0.1) is 0 Å². The molecule has 5 heteroatoms. The SMILES string of the molecule is O=C(CCc1cccc(F)c1)N1C[C@@H](CO)[C@@H](CN2CCCCCC2)C1. The first kappa shape index (κ1) is 19.3. The van der Waals surface area contributed by atoms with Crippen molar-refractivity contribution < 1.29 is 14.3 Å². The Morgan fingerprint density at radius 1 is 1.12 bits per heavy atom. The van der Waals surface area contributed by atoms with E-state index in [2.05, 4.69) is 4.90 Å². The van der Waals surface area contributed by atoms with Crippen LogP contribution in [0.25, 0.3) is 0 Å². The van der Waals surface area contributed by atoms with Crippen LogP contribution in [0.1, 0.15) is 37.7 Å². The second kappa shape index (κ2) is 9.47. The van der Waals surface area contributed by atoms with Crippen LogP contribution in [0.2, 0.25) is 0 Å². The van der Waals surface area contributed by atoms with Gasteiger partial charge in [-0.3, -0.25) is 4.79 Å². The first-order valence-electron chi connectivity index (χ1n) is 10.0. The van der Waals surface area contributed by atoms with Gasteiger partial charge in [0, 0.05) is 38.6 Å². The Labute approximate surface area is 156 Å². The van der Waals surface area contributed by atoms with Gasteiger partial charge in [0.1, 0.15) is 5.82 Å². The van der Waals surface area contributed by atoms with Crippen molar-refractivity contribution in [2.24, 2.45) is 11.8 Å². The highest BCUT2D eigenvalue weighted by Crippen LogP contribution is 2.26. The zero-order valence-electron chi connectivity index (χ0n) is 15.6. The Morgan fingerprint density at radius 2 is 1.85 bits per heavy atom. The summed E-state index contributed by atoms with van der Waals surface area (Å²) >= 11 is 0. The number of benzene rings is 1. The molecule has 0 saturated carbocycles. The molecular weight excluding hydrogens is 331 g/mol. The fourth-order valence-corrected chi connectivity index (χ4v) is 4.31. The monoisotopic (exact) mass is 362 g/mol. The fourth-order valence-electron chi connectivity index (χ4n) is 4.31. The Hall–Kier alpha value is -1.46. The molecule has 3 rings (SSSR count). The number of rotatable bonds is 6. The van der Waals surface area contributed by atoms with Crippen LogP contribution in [0, 0.1) is 17.7 Å². The average molecular weight is 362 g/mol. The Bertz CT molecular complexity index is 587. The number of carbonyl (C=O) groups excluding carboxylic acids is 1. The molecule has 0 aromatic heterocycles. The van der Waals surface area contributed by atoms with Crippen molar-refractivity contribution in [3.05, 3.63) is 35.6 Å². The summed E-state index contributed by atoms with van der Waals surface area (Å²) in [5.74, 6) is 0.396. The van der Waals surface area contributed by atoms with Crippen molar-refractivity contribution in [3.8, 4) is 0 Å². The largest absolute Gasteiger partial charge is 0.396 e. The zero-order chi connectivity index (χ0) is 18.4. The number of hydrogen-bond acceptors (Lipinski definition) is 3. The first-order valence-corrected chi connectivity index (χ1v) is 10.0. The van der Waals surface area contributed by atoms with E-state index in [1.807, 2.05) is 11.0 Å². The van der Waals surface area contributed by atoms with E-state index in [0.717, 1.165) is 31.7 Å². The minimum Gasteiger partial charge on any atom is -0.396 e. The number of hydrogen-bond donors (Lipinski definition) is 1. The van der Waals surface area contributed by atoms with E-state index in [9.17, 15) is 14.3 Å². The molecule has 1 aromatic rings. The van der Waals surface area contributed by atoms with Gasteiger partial charge in [-0.05, 0) is 56.0 Å². The minimum atomic E-state index is -0.256. The number of aryl methyl sites for hydroxylation is 1. The van der Waals surface area contributed by atoms with E-state index in [0.29, 0.717) is 25.3 Å². The third kappa shape index (κ3) is 5.27. The molecule has 4 nitrogen and oxygen atoms in total. The van der Waals surface area contributed by atoms with E-state index < -0.39 is 0 Å². The maximum Gasteiger partial charge on any atom is 0.222 e. The summed E-state index contributed by atoms with van der Waals surface area (Å²) < 4.78 is 13.3. The molecule has 2 fully saturated rings. The van der Waals surface area contributed by atoms with Crippen molar-refractivity contribution in [2.45, 2.75) is 38.5 Å². The molecule has 1 amide bonds. The normalized spacial score (nSPS) is 24.6. The molecule has 26 heavy (non-hydrogen) atoms. The van der Waals surface area contributed by atoms with Crippen LogP contribution < -0.4 is 0 Å². The highest BCUT2D eigenvalue weighted by molar-refractivity contribution is 5.76. The molecule has 1 N–H and O–H groups in total. The van der Waals surface area contributed by atoms with Crippen LogP contribution in [-0.4, -0.2) is 60.1 Å². The smallest absolute Gasteiger partial charge is 0.222 e. The van der Waals surface area contributed by atoms with Crippen molar-refractivity contribution in [1.82, 2.24) is 9.80 Å². The molecule has 2 saturated heterocycles. The summed E-state index contributed by atoms with van der Waals surface area (Å²) in [6, 6.07) is 6.46. The Kier molecular flexibility index (Phi) is 7.03. The predicted molar refractivity (Wildman–Crippen MR) is 100 cm³/mol. The van der Waals surface area contributed by atoms with Gasteiger partial charge in [0.2, 0.25) is 5.91 Å². The van der Waals surface area contributed by atoms with Gasteiger partial charge in [-0.25, -0.2) is 4.39 Å². The van der Waals surface area contributed by atoms with Gasteiger partial charge < -0.3 is 14.9 Å². The van der Waals surface area contributed by atoms with Gasteiger partial charge in [0.25, 0.3) is 0 Å². The number of likely N-dealkylation sites (tertiary alicyclic amines) is 2. The Morgan fingerprint density at radius 3 is 2.54 bits per heavy atom. The van der Waals surface area contributed by atoms with Crippen LogP contribution in [0.4, 0.5) is 4.39 Å². The number of carbonyl (C=O) groups is 1. The maximum absolute atomic E-state index is 13.3. The molecular formula is C21H31FN2O2. The van der Waals surface area contributed by atoms with Gasteiger partial charge in [0.15, 0.2) is 0 Å². The average Bonchev–Trinajstić information content (AvgIpc) is 2.87. The lowest BCUT2D eigenvalue weighted by Crippen LogP contribution is -2.35. The number of aliphatic hydroxyl groups is 1. The summed E-state index contributed by atoms with van der Waals surface area (Å²) in [5, 5.41) is 9.76. The minimum absolute atomic E-state index is 0.117. The van der Waals surface area contributed by atoms with Crippen LogP contribution in [0.15, 0.2) is 24.3 Å². The zero-order valence-corrected chi connectivity index (χ0v) is 15.6. The third-order valence-corrected chi connectivity index (χ3v) is 5.87. The van der Waals surface area contributed by atoms with E-state index in [4.69, 9.17) is 0 Å². The number of aliphatic hydroxyl groups excluding tert-OH is 1. The molecule has 0 aliphatic carbocycles. The Balaban J connectivity index is 1.51. The number of amides is 1. The van der Waals surface area contributed by atoms with Gasteiger partial charge in [-0.2, -0.15) is 0 Å². The second-order valence-electron chi connectivity index (χ2n) is 7.85. The highest BCUT2D eigenvalue weighted by atomic mass is 19.1. The van der Waals surface area contributed by atoms with Crippen LogP contribution in [0.5, 0.6) is 0 Å². The fraction of sp³-hybridized carbons (Fsp3) is 0.667. The van der Waals surface area contributed by atoms with E-state index >= 15 is 0 Å². The summed E-state index contributed by atoms with van der Waals surface area (Å²) in [4.78, 5) is 17.0. The van der Waals surface area contributed by atoms with E-state index in [1.54, 1.807) is 6.07 Å². The van der Waals surface area contributed by atoms with Crippen molar-refractivity contribution in [3.63, 3.8) is 0 Å². The predicted octanol–water partition coefficient (Wildman–Crippen LogP) is 2.70. The quantitative estimate of drug-likeness (QED) is 0.846. The second-order valence-corrected chi connectivity index (χ2v) is 7.85. The summed E-state index contributed by atoms with van der Waals surface area (Å²) in [5.41, 5.74) is 0.859. The standard InChI is InChI=1S/C21H31FN2O2/c22-20-7-5-6-17(12-20)8-9-21(26)24-14-18(19(15-24)16-25)13-23-10-3-1-2-4-11-23/h5-7,12,18-19,25H,1-4,8-11,13-16H2/t18-,19-/m0/s1. The highest BCUT2D eigenvalue weighted by Gasteiger charge is 2.35. The lowest BCUT2D eigenvalue weighted by Gasteiger charge is -2.26. The van der Waals surface area contributed by atoms with Gasteiger partial charge in [-0.1, -0.05) is 25.0 Å². The molecule has 144 valence electrons. The molecule has 0 radical (unpaired) electrons. The van der Waals surface area contributed by atoms with Crippen LogP contribution in [0.3, 0.4) is 0 Å². The van der Waals surface area contributed by atoms with Crippen LogP contribution >= 0.6 is 0 Å². The topological polar surface area (TPSA) is 43.8 Å². The van der Waals surface area contributed by atoms with E-state index in [-0.39, 0.29) is 24.2 Å². The molecule has 2 aliphatic rings. The van der Waals surface area contributed by atoms with Gasteiger partial charge >= 0.3 is 0 Å². The number of nitrogens with zero attached hydrogens (tertiary/aromatic N) is 2. The lowest BCUT2D eigenvalue weighted by atomic mass is 9.96. The molecule has 2 heterocycles. The number of halogens is 1. The lowest BCUT2D eigenvalue weighted by molar-refractivity contribution is -0.130. The van der Waals surface area contributed by atoms with Crippen molar-refractivity contribution in [1.29, 1.82) is 0 Å².